The maximum Gasteiger partial charge on any atom is 0.273 e. The number of aryl methyl sites for hydroxylation is 2. The van der Waals surface area contributed by atoms with Gasteiger partial charge in [0.1, 0.15) is 33.5 Å². The van der Waals surface area contributed by atoms with Crippen LogP contribution in [0.25, 0.3) is 0 Å². The fourth-order valence-corrected chi connectivity index (χ4v) is 4.48. The maximum atomic E-state index is 12.9. The molecule has 0 aliphatic carbocycles. The molecule has 0 saturated carbocycles. The summed E-state index contributed by atoms with van der Waals surface area (Å²) in [5.41, 5.74) is -1.49. The van der Waals surface area contributed by atoms with Crippen LogP contribution in [0.5, 0.6) is 5.75 Å². The molecule has 0 aliphatic heterocycles. The van der Waals surface area contributed by atoms with E-state index in [9.17, 15) is 19.5 Å². The number of carbonyl (C=O) groups excluding carboxylic acids is 1. The van der Waals surface area contributed by atoms with Crippen LogP contribution in [0.15, 0.2) is 42.1 Å². The summed E-state index contributed by atoms with van der Waals surface area (Å²) in [4.78, 5) is 39.0. The summed E-state index contributed by atoms with van der Waals surface area (Å²) >= 11 is 0.995. The lowest BCUT2D eigenvalue weighted by Gasteiger charge is -2.31. The van der Waals surface area contributed by atoms with Crippen molar-refractivity contribution >= 4 is 40.1 Å². The molecule has 35 heavy (non-hydrogen) atoms. The monoisotopic (exact) mass is 498 g/mol. The molecule has 10 nitrogen and oxygen atoms in total. The Bertz CT molecular complexity index is 1460. The second kappa shape index (κ2) is 8.73. The molecule has 3 aromatic heterocycles. The summed E-state index contributed by atoms with van der Waals surface area (Å²) in [6.45, 7) is 9.48. The Balaban J connectivity index is 1.59. The van der Waals surface area contributed by atoms with Crippen molar-refractivity contribution in [2.75, 3.05) is 22.6 Å². The van der Waals surface area contributed by atoms with Gasteiger partial charge >= 0.3 is 0 Å². The highest BCUT2D eigenvalue weighted by Gasteiger charge is 2.33. The SMILES string of the molecule is Cc1cc(N(C)C(=O)c2scc(Nc3c(N[C@@H](c4ccc(C)o4)C(C)(C)C)c(=O)c3=O)c2O)no1. The van der Waals surface area contributed by atoms with Crippen molar-refractivity contribution in [3.05, 3.63) is 66.2 Å². The van der Waals surface area contributed by atoms with Crippen LogP contribution in [0.1, 0.15) is 53.8 Å². The molecule has 4 aromatic rings. The van der Waals surface area contributed by atoms with Crippen molar-refractivity contribution in [1.29, 1.82) is 0 Å². The predicted molar refractivity (Wildman–Crippen MR) is 134 cm³/mol. The predicted octanol–water partition coefficient (Wildman–Crippen LogP) is 4.47. The van der Waals surface area contributed by atoms with Gasteiger partial charge in [-0.3, -0.25) is 19.3 Å². The molecule has 0 fully saturated rings. The van der Waals surface area contributed by atoms with E-state index in [-0.39, 0.29) is 33.1 Å². The van der Waals surface area contributed by atoms with E-state index in [0.29, 0.717) is 17.3 Å². The largest absolute Gasteiger partial charge is 0.504 e. The Hall–Kier alpha value is -3.86. The molecule has 11 heteroatoms. The van der Waals surface area contributed by atoms with Crippen LogP contribution in [0.4, 0.5) is 22.9 Å². The number of thiophene rings is 1. The van der Waals surface area contributed by atoms with Crippen LogP contribution in [0, 0.1) is 19.3 Å². The van der Waals surface area contributed by atoms with E-state index >= 15 is 0 Å². The number of nitrogens with one attached hydrogen (secondary N) is 2. The van der Waals surface area contributed by atoms with Crippen molar-refractivity contribution in [2.45, 2.75) is 40.7 Å². The Morgan fingerprint density at radius 2 is 1.83 bits per heavy atom. The lowest BCUT2D eigenvalue weighted by molar-refractivity contribution is 0.0993. The number of aromatic nitrogens is 1. The number of amides is 1. The molecular weight excluding hydrogens is 472 g/mol. The minimum atomic E-state index is -0.718. The third kappa shape index (κ3) is 4.46. The van der Waals surface area contributed by atoms with Crippen molar-refractivity contribution in [3.8, 4) is 5.75 Å². The number of rotatable bonds is 7. The van der Waals surface area contributed by atoms with Crippen LogP contribution < -0.4 is 26.4 Å². The Kier molecular flexibility index (Phi) is 6.05. The zero-order valence-corrected chi connectivity index (χ0v) is 21.0. The average molecular weight is 499 g/mol. The van der Waals surface area contributed by atoms with E-state index in [1.54, 1.807) is 13.0 Å². The molecule has 1 aromatic carbocycles. The highest BCUT2D eigenvalue weighted by atomic mass is 32.1. The normalized spacial score (nSPS) is 12.6. The highest BCUT2D eigenvalue weighted by Crippen LogP contribution is 2.40. The summed E-state index contributed by atoms with van der Waals surface area (Å²) in [5.74, 6) is 1.36. The van der Waals surface area contributed by atoms with Crippen molar-refractivity contribution < 1.29 is 18.8 Å². The van der Waals surface area contributed by atoms with Crippen LogP contribution in [0.3, 0.4) is 0 Å². The van der Waals surface area contributed by atoms with E-state index in [2.05, 4.69) is 15.8 Å². The molecule has 1 atom stereocenters. The van der Waals surface area contributed by atoms with Crippen LogP contribution >= 0.6 is 11.3 Å². The van der Waals surface area contributed by atoms with Crippen molar-refractivity contribution in [1.82, 2.24) is 5.16 Å². The van der Waals surface area contributed by atoms with Gasteiger partial charge in [0.2, 0.25) is 0 Å². The summed E-state index contributed by atoms with van der Waals surface area (Å²) in [6.07, 6.45) is 0. The van der Waals surface area contributed by atoms with Crippen molar-refractivity contribution in [2.24, 2.45) is 5.41 Å². The fraction of sp³-hybridized carbons (Fsp3) is 0.333. The molecule has 184 valence electrons. The number of nitrogens with zero attached hydrogens (tertiary/aromatic N) is 2. The highest BCUT2D eigenvalue weighted by molar-refractivity contribution is 7.13. The number of aromatic hydroxyl groups is 1. The van der Waals surface area contributed by atoms with Gasteiger partial charge in [0.25, 0.3) is 16.8 Å². The Morgan fingerprint density at radius 1 is 1.14 bits per heavy atom. The van der Waals surface area contributed by atoms with Gasteiger partial charge < -0.3 is 24.7 Å². The molecule has 3 heterocycles. The van der Waals surface area contributed by atoms with Gasteiger partial charge in [-0.2, -0.15) is 0 Å². The number of carbonyl (C=O) groups is 1. The first-order chi connectivity index (χ1) is 16.4. The number of anilines is 4. The molecular formula is C24H26N4O6S. The molecule has 0 aliphatic rings. The summed E-state index contributed by atoms with van der Waals surface area (Å²) < 4.78 is 10.8. The lowest BCUT2D eigenvalue weighted by atomic mass is 9.85. The van der Waals surface area contributed by atoms with E-state index in [1.165, 1.54) is 17.3 Å². The van der Waals surface area contributed by atoms with Crippen LogP contribution in [0.2, 0.25) is 0 Å². The van der Waals surface area contributed by atoms with Gasteiger partial charge in [-0.1, -0.05) is 25.9 Å². The second-order valence-electron chi connectivity index (χ2n) is 9.41. The van der Waals surface area contributed by atoms with E-state index in [1.807, 2.05) is 39.8 Å². The van der Waals surface area contributed by atoms with Gasteiger partial charge in [-0.15, -0.1) is 11.3 Å². The lowest BCUT2D eigenvalue weighted by Crippen LogP contribution is -2.39. The third-order valence-corrected chi connectivity index (χ3v) is 6.55. The third-order valence-electron chi connectivity index (χ3n) is 5.59. The smallest absolute Gasteiger partial charge is 0.273 e. The first-order valence-corrected chi connectivity index (χ1v) is 11.7. The van der Waals surface area contributed by atoms with Gasteiger partial charge in [0.15, 0.2) is 11.6 Å². The number of hydrogen-bond acceptors (Lipinski definition) is 10. The zero-order chi connectivity index (χ0) is 25.7. The summed E-state index contributed by atoms with van der Waals surface area (Å²) in [5, 5.41) is 22.0. The van der Waals surface area contributed by atoms with Crippen molar-refractivity contribution in [3.63, 3.8) is 0 Å². The molecule has 0 bridgehead atoms. The van der Waals surface area contributed by atoms with Gasteiger partial charge in [0, 0.05) is 18.5 Å². The topological polar surface area (TPSA) is 138 Å². The first kappa shape index (κ1) is 24.3. The van der Waals surface area contributed by atoms with Crippen LogP contribution in [-0.2, 0) is 0 Å². The van der Waals surface area contributed by atoms with Gasteiger partial charge in [0.05, 0.1) is 11.7 Å². The molecule has 0 saturated heterocycles. The number of furan rings is 1. The summed E-state index contributed by atoms with van der Waals surface area (Å²) in [6, 6.07) is 4.85. The standard InChI is InChI=1S/C24H26N4O6S/c1-11-7-8-14(33-11)22(24(3,4)5)26-17-16(19(30)20(17)31)25-13-10-35-21(18(13)29)23(32)28(6)15-9-12(2)34-27-15/h7-10,22,25-26,29H,1-6H3/t22-/m0/s1. The molecule has 3 N–H and O–H groups in total. The quantitative estimate of drug-likeness (QED) is 0.315. The fourth-order valence-electron chi connectivity index (χ4n) is 3.61. The van der Waals surface area contributed by atoms with E-state index in [0.717, 1.165) is 17.1 Å². The van der Waals surface area contributed by atoms with E-state index in [4.69, 9.17) is 8.94 Å². The maximum absolute atomic E-state index is 12.9. The summed E-state index contributed by atoms with van der Waals surface area (Å²) in [7, 11) is 1.51. The Labute approximate surface area is 204 Å². The van der Waals surface area contributed by atoms with E-state index < -0.39 is 22.8 Å². The van der Waals surface area contributed by atoms with Crippen LogP contribution in [-0.4, -0.2) is 23.2 Å². The molecule has 1 amide bonds. The zero-order valence-electron chi connectivity index (χ0n) is 20.2. The number of hydrogen-bond donors (Lipinski definition) is 3. The molecule has 0 unspecified atom stereocenters. The second-order valence-corrected chi connectivity index (χ2v) is 10.3. The Morgan fingerprint density at radius 3 is 2.40 bits per heavy atom. The minimum Gasteiger partial charge on any atom is -0.504 e. The van der Waals surface area contributed by atoms with Gasteiger partial charge in [-0.25, -0.2) is 0 Å². The minimum absolute atomic E-state index is 0.0140. The average Bonchev–Trinajstić information content (AvgIpc) is 3.51. The molecule has 4 rings (SSSR count). The van der Waals surface area contributed by atoms with Gasteiger partial charge in [-0.05, 0) is 31.4 Å². The first-order valence-electron chi connectivity index (χ1n) is 10.8. The molecule has 0 radical (unpaired) electrons. The molecule has 0 spiro atoms.